The second kappa shape index (κ2) is 10.1. The van der Waals surface area contributed by atoms with Gasteiger partial charge in [0.2, 0.25) is 5.91 Å². The molecule has 3 amide bonds. The first kappa shape index (κ1) is 25.1. The molecule has 182 valence electrons. The van der Waals surface area contributed by atoms with Gasteiger partial charge in [-0.3, -0.25) is 14.9 Å². The fourth-order valence-electron chi connectivity index (χ4n) is 3.56. The van der Waals surface area contributed by atoms with Gasteiger partial charge in [-0.25, -0.2) is 18.0 Å². The van der Waals surface area contributed by atoms with Crippen molar-refractivity contribution in [3.8, 4) is 0 Å². The van der Waals surface area contributed by atoms with Crippen molar-refractivity contribution in [1.29, 1.82) is 0 Å². The molecule has 0 saturated carbocycles. The first-order chi connectivity index (χ1) is 15.9. The van der Waals surface area contributed by atoms with Crippen LogP contribution in [-0.4, -0.2) is 41.5 Å². The molecule has 0 aromatic heterocycles. The third-order valence-electron chi connectivity index (χ3n) is 5.19. The maximum absolute atomic E-state index is 13.9. The number of halogens is 3. The SMILES string of the molecule is CC(C)(C)OC(=O)Nc1ccc(F)cc1NC(=O)C1CCN(C(=O)c2ccc(F)cc2F)CC1. The Kier molecular flexibility index (Phi) is 7.48. The number of hydrogen-bond donors (Lipinski definition) is 2. The molecule has 7 nitrogen and oxygen atoms in total. The molecule has 1 aliphatic heterocycles. The second-order valence-electron chi connectivity index (χ2n) is 9.00. The van der Waals surface area contributed by atoms with Crippen LogP contribution in [0, 0.1) is 23.4 Å². The van der Waals surface area contributed by atoms with Crippen LogP contribution in [0.4, 0.5) is 29.3 Å². The molecule has 2 N–H and O–H groups in total. The molecule has 10 heteroatoms. The summed E-state index contributed by atoms with van der Waals surface area (Å²) in [6.45, 7) is 5.48. The molecule has 1 fully saturated rings. The first-order valence-electron chi connectivity index (χ1n) is 10.8. The normalized spacial score (nSPS) is 14.5. The zero-order chi connectivity index (χ0) is 25.0. The second-order valence-corrected chi connectivity index (χ2v) is 9.00. The van der Waals surface area contributed by atoms with Crippen molar-refractivity contribution in [2.75, 3.05) is 23.7 Å². The molecule has 2 aromatic carbocycles. The van der Waals surface area contributed by atoms with Crippen molar-refractivity contribution in [2.45, 2.75) is 39.2 Å². The highest BCUT2D eigenvalue weighted by Crippen LogP contribution is 2.27. The summed E-state index contributed by atoms with van der Waals surface area (Å²) in [6.07, 6.45) is -0.163. The van der Waals surface area contributed by atoms with Gasteiger partial charge in [0.1, 0.15) is 23.1 Å². The molecule has 3 rings (SSSR count). The van der Waals surface area contributed by atoms with E-state index in [1.165, 1.54) is 11.0 Å². The highest BCUT2D eigenvalue weighted by atomic mass is 19.1. The Balaban J connectivity index is 1.62. The van der Waals surface area contributed by atoms with E-state index >= 15 is 0 Å². The molecule has 0 spiro atoms. The number of likely N-dealkylation sites (tertiary alicyclic amines) is 1. The van der Waals surface area contributed by atoms with Gasteiger partial charge >= 0.3 is 6.09 Å². The molecule has 34 heavy (non-hydrogen) atoms. The largest absolute Gasteiger partial charge is 0.444 e. The number of carbonyl (C=O) groups excluding carboxylic acids is 3. The number of rotatable bonds is 4. The van der Waals surface area contributed by atoms with Gasteiger partial charge in [0.05, 0.1) is 16.9 Å². The van der Waals surface area contributed by atoms with Crippen LogP contribution in [0.3, 0.4) is 0 Å². The maximum Gasteiger partial charge on any atom is 0.412 e. The summed E-state index contributed by atoms with van der Waals surface area (Å²) < 4.78 is 46.0. The van der Waals surface area contributed by atoms with Gasteiger partial charge in [0.15, 0.2) is 0 Å². The van der Waals surface area contributed by atoms with Gasteiger partial charge in [0.25, 0.3) is 5.91 Å². The summed E-state index contributed by atoms with van der Waals surface area (Å²) in [5, 5.41) is 5.12. The Labute approximate surface area is 195 Å². The van der Waals surface area contributed by atoms with Crippen LogP contribution in [0.1, 0.15) is 44.0 Å². The summed E-state index contributed by atoms with van der Waals surface area (Å²) in [7, 11) is 0. The number of benzene rings is 2. The minimum atomic E-state index is -0.944. The van der Waals surface area contributed by atoms with E-state index in [-0.39, 0.29) is 30.0 Å². The Morgan fingerprint density at radius 1 is 0.912 bits per heavy atom. The van der Waals surface area contributed by atoms with E-state index in [1.54, 1.807) is 20.8 Å². The number of amides is 3. The Hall–Kier alpha value is -3.56. The average molecular weight is 477 g/mol. The minimum Gasteiger partial charge on any atom is -0.444 e. The molecule has 0 aliphatic carbocycles. The van der Waals surface area contributed by atoms with E-state index < -0.39 is 46.9 Å². The Bertz CT molecular complexity index is 1090. The van der Waals surface area contributed by atoms with Crippen molar-refractivity contribution in [3.63, 3.8) is 0 Å². The molecule has 2 aromatic rings. The van der Waals surface area contributed by atoms with E-state index in [0.29, 0.717) is 18.9 Å². The van der Waals surface area contributed by atoms with E-state index in [4.69, 9.17) is 4.74 Å². The van der Waals surface area contributed by atoms with Gasteiger partial charge in [0, 0.05) is 25.1 Å². The monoisotopic (exact) mass is 477 g/mol. The molecular weight excluding hydrogens is 451 g/mol. The summed E-state index contributed by atoms with van der Waals surface area (Å²) >= 11 is 0. The lowest BCUT2D eigenvalue weighted by molar-refractivity contribution is -0.121. The third kappa shape index (κ3) is 6.49. The minimum absolute atomic E-state index is 0.0720. The fraction of sp³-hybridized carbons (Fsp3) is 0.375. The predicted octanol–water partition coefficient (Wildman–Crippen LogP) is 4.94. The van der Waals surface area contributed by atoms with Gasteiger partial charge < -0.3 is 15.0 Å². The molecule has 0 atom stereocenters. The highest BCUT2D eigenvalue weighted by molar-refractivity contribution is 5.99. The summed E-state index contributed by atoms with van der Waals surface area (Å²) in [5.74, 6) is -3.79. The molecule has 1 saturated heterocycles. The lowest BCUT2D eigenvalue weighted by Crippen LogP contribution is -2.41. The molecule has 1 heterocycles. The zero-order valence-electron chi connectivity index (χ0n) is 19.1. The summed E-state index contributed by atoms with van der Waals surface area (Å²) in [6, 6.07) is 6.29. The van der Waals surface area contributed by atoms with Crippen LogP contribution in [0.25, 0.3) is 0 Å². The van der Waals surface area contributed by atoms with Crippen molar-refractivity contribution in [1.82, 2.24) is 4.90 Å². The molecular formula is C24H26F3N3O4. The van der Waals surface area contributed by atoms with Crippen molar-refractivity contribution in [2.24, 2.45) is 5.92 Å². The highest BCUT2D eigenvalue weighted by Gasteiger charge is 2.29. The lowest BCUT2D eigenvalue weighted by atomic mass is 9.95. The van der Waals surface area contributed by atoms with Crippen molar-refractivity contribution in [3.05, 3.63) is 59.4 Å². The van der Waals surface area contributed by atoms with Gasteiger partial charge in [-0.2, -0.15) is 0 Å². The maximum atomic E-state index is 13.9. The first-order valence-corrected chi connectivity index (χ1v) is 10.8. The van der Waals surface area contributed by atoms with E-state index in [9.17, 15) is 27.6 Å². The number of anilines is 2. The van der Waals surface area contributed by atoms with E-state index in [1.807, 2.05) is 0 Å². The number of piperidine rings is 1. The topological polar surface area (TPSA) is 87.7 Å². The fourth-order valence-corrected chi connectivity index (χ4v) is 3.56. The predicted molar refractivity (Wildman–Crippen MR) is 120 cm³/mol. The zero-order valence-corrected chi connectivity index (χ0v) is 19.1. The smallest absolute Gasteiger partial charge is 0.412 e. The third-order valence-corrected chi connectivity index (χ3v) is 5.19. The van der Waals surface area contributed by atoms with Crippen LogP contribution in [0.5, 0.6) is 0 Å². The number of carbonyl (C=O) groups is 3. The number of hydrogen-bond acceptors (Lipinski definition) is 4. The van der Waals surface area contributed by atoms with Crippen molar-refractivity contribution >= 4 is 29.3 Å². The standard InChI is InChI=1S/C24H26F3N3O4/c1-24(2,3)34-23(33)29-19-7-5-16(26)13-20(19)28-21(31)14-8-10-30(11-9-14)22(32)17-6-4-15(25)12-18(17)27/h4-7,12-14H,8-11H2,1-3H3,(H,28,31)(H,29,33). The lowest BCUT2D eigenvalue weighted by Gasteiger charge is -2.31. The molecule has 0 bridgehead atoms. The Morgan fingerprint density at radius 3 is 2.15 bits per heavy atom. The summed E-state index contributed by atoms with van der Waals surface area (Å²) in [5.41, 5.74) is -0.733. The van der Waals surface area contributed by atoms with Gasteiger partial charge in [-0.05, 0) is 63.9 Å². The number of nitrogens with zero attached hydrogens (tertiary/aromatic N) is 1. The van der Waals surface area contributed by atoms with E-state index in [0.717, 1.165) is 24.3 Å². The van der Waals surface area contributed by atoms with Crippen LogP contribution >= 0.6 is 0 Å². The van der Waals surface area contributed by atoms with Gasteiger partial charge in [-0.15, -0.1) is 0 Å². The molecule has 0 unspecified atom stereocenters. The average Bonchev–Trinajstić information content (AvgIpc) is 2.74. The van der Waals surface area contributed by atoms with Crippen molar-refractivity contribution < 1.29 is 32.3 Å². The quantitative estimate of drug-likeness (QED) is 0.653. The molecule has 1 aliphatic rings. The summed E-state index contributed by atoms with van der Waals surface area (Å²) in [4.78, 5) is 38.8. The van der Waals surface area contributed by atoms with Crippen LogP contribution in [0.15, 0.2) is 36.4 Å². The molecule has 0 radical (unpaired) electrons. The number of nitrogens with one attached hydrogen (secondary N) is 2. The van der Waals surface area contributed by atoms with Crippen LogP contribution in [0.2, 0.25) is 0 Å². The van der Waals surface area contributed by atoms with E-state index in [2.05, 4.69) is 10.6 Å². The van der Waals surface area contributed by atoms with Crippen LogP contribution in [-0.2, 0) is 9.53 Å². The van der Waals surface area contributed by atoms with Gasteiger partial charge in [-0.1, -0.05) is 0 Å². The van der Waals surface area contributed by atoms with Crippen LogP contribution < -0.4 is 10.6 Å². The number of ether oxygens (including phenoxy) is 1. The Morgan fingerprint density at radius 2 is 1.53 bits per heavy atom.